The predicted octanol–water partition coefficient (Wildman–Crippen LogP) is 5.99. The van der Waals surface area contributed by atoms with E-state index in [1.165, 1.54) is 38.4 Å². The van der Waals surface area contributed by atoms with Gasteiger partial charge in [0.15, 0.2) is 5.82 Å². The Kier molecular flexibility index (Phi) is 7.00. The zero-order valence-electron chi connectivity index (χ0n) is 23.4. The third-order valence-electron chi connectivity index (χ3n) is 8.35. The summed E-state index contributed by atoms with van der Waals surface area (Å²) in [5.74, 6) is 0.748. The summed E-state index contributed by atoms with van der Waals surface area (Å²) >= 11 is 1.81. The number of aliphatic hydroxyl groups excluding tert-OH is 1. The molecule has 1 fully saturated rings. The Balaban J connectivity index is 1.18. The molecule has 2 aliphatic rings. The Bertz CT molecular complexity index is 1720. The van der Waals surface area contributed by atoms with Crippen molar-refractivity contribution in [1.82, 2.24) is 25.2 Å². The minimum Gasteiger partial charge on any atom is -0.392 e. The van der Waals surface area contributed by atoms with Crippen molar-refractivity contribution in [2.24, 2.45) is 0 Å². The lowest BCUT2D eigenvalue weighted by molar-refractivity contribution is 0.175. The molecule has 1 atom stereocenters. The summed E-state index contributed by atoms with van der Waals surface area (Å²) in [6.07, 6.45) is 5.39. The molecule has 2 aromatic carbocycles. The molecule has 3 aromatic heterocycles. The first-order valence-corrected chi connectivity index (χ1v) is 15.2. The lowest BCUT2D eigenvalue weighted by Crippen LogP contribution is -2.22. The van der Waals surface area contributed by atoms with E-state index in [4.69, 9.17) is 9.97 Å². The second kappa shape index (κ2) is 10.9. The number of β-amino-alcohol motifs (C(OH)–C–C–N with tert-alkyl or cyclic N) is 1. The molecule has 2 aliphatic heterocycles. The summed E-state index contributed by atoms with van der Waals surface area (Å²) in [6.45, 7) is 8.73. The maximum absolute atomic E-state index is 9.87. The van der Waals surface area contributed by atoms with E-state index >= 15 is 0 Å². The van der Waals surface area contributed by atoms with E-state index in [0.29, 0.717) is 0 Å². The largest absolute Gasteiger partial charge is 0.392 e. The minimum atomic E-state index is -0.219. The highest BCUT2D eigenvalue weighted by Crippen LogP contribution is 2.38. The molecule has 8 heteroatoms. The maximum Gasteiger partial charge on any atom is 0.156 e. The van der Waals surface area contributed by atoms with E-state index in [2.05, 4.69) is 76.8 Å². The molecular formula is C33H34N6OS. The van der Waals surface area contributed by atoms with E-state index in [0.717, 1.165) is 78.5 Å². The number of thiazole rings is 1. The number of likely N-dealkylation sites (tertiary alicyclic amines) is 1. The van der Waals surface area contributed by atoms with Crippen molar-refractivity contribution in [3.8, 4) is 21.7 Å². The molecule has 0 aliphatic carbocycles. The quantitative estimate of drug-likeness (QED) is 0.234. The molecule has 0 spiro atoms. The van der Waals surface area contributed by atoms with Crippen LogP contribution in [0.4, 0.5) is 11.5 Å². The van der Waals surface area contributed by atoms with Gasteiger partial charge in [-0.2, -0.15) is 0 Å². The molecule has 41 heavy (non-hydrogen) atoms. The average Bonchev–Trinajstić information content (AvgIpc) is 3.60. The van der Waals surface area contributed by atoms with Gasteiger partial charge in [0.05, 0.1) is 11.8 Å². The highest BCUT2D eigenvalue weighted by Gasteiger charge is 2.21. The number of pyridine rings is 2. The summed E-state index contributed by atoms with van der Waals surface area (Å²) in [7, 11) is 0. The van der Waals surface area contributed by atoms with Gasteiger partial charge in [0.1, 0.15) is 10.5 Å². The fraction of sp³-hybridized carbons (Fsp3) is 0.303. The van der Waals surface area contributed by atoms with Gasteiger partial charge in [0.25, 0.3) is 0 Å². The molecule has 0 saturated carbocycles. The van der Waals surface area contributed by atoms with Crippen molar-refractivity contribution in [3.05, 3.63) is 88.2 Å². The van der Waals surface area contributed by atoms with Crippen molar-refractivity contribution < 1.29 is 5.11 Å². The number of aromatic nitrogens is 3. The monoisotopic (exact) mass is 562 g/mol. The maximum atomic E-state index is 9.87. The lowest BCUT2D eigenvalue weighted by atomic mass is 9.93. The van der Waals surface area contributed by atoms with Crippen LogP contribution in [0.5, 0.6) is 0 Å². The molecular weight excluding hydrogens is 528 g/mol. The summed E-state index contributed by atoms with van der Waals surface area (Å²) in [5.41, 5.74) is 10.3. The number of aliphatic hydroxyl groups is 1. The summed E-state index contributed by atoms with van der Waals surface area (Å²) in [5, 5.41) is 19.1. The number of benzene rings is 2. The Morgan fingerprint density at radius 2 is 1.88 bits per heavy atom. The van der Waals surface area contributed by atoms with Gasteiger partial charge < -0.3 is 15.7 Å². The van der Waals surface area contributed by atoms with E-state index in [1.807, 2.05) is 29.8 Å². The summed E-state index contributed by atoms with van der Waals surface area (Å²) in [6, 6.07) is 17.1. The van der Waals surface area contributed by atoms with Crippen LogP contribution in [-0.2, 0) is 19.5 Å². The van der Waals surface area contributed by atoms with Crippen LogP contribution < -0.4 is 10.6 Å². The van der Waals surface area contributed by atoms with Crippen molar-refractivity contribution in [1.29, 1.82) is 0 Å². The molecule has 208 valence electrons. The topological polar surface area (TPSA) is 86.2 Å². The zero-order valence-corrected chi connectivity index (χ0v) is 24.3. The molecule has 1 unspecified atom stereocenters. The van der Waals surface area contributed by atoms with Gasteiger partial charge in [-0.3, -0.25) is 9.88 Å². The normalized spacial score (nSPS) is 17.2. The van der Waals surface area contributed by atoms with Crippen molar-refractivity contribution in [3.63, 3.8) is 0 Å². The fourth-order valence-corrected chi connectivity index (χ4v) is 7.25. The van der Waals surface area contributed by atoms with Gasteiger partial charge in [0.2, 0.25) is 0 Å². The fourth-order valence-electron chi connectivity index (χ4n) is 6.09. The lowest BCUT2D eigenvalue weighted by Gasteiger charge is -2.17. The first-order chi connectivity index (χ1) is 20.0. The number of hydrogen-bond donors (Lipinski definition) is 3. The first kappa shape index (κ1) is 26.2. The predicted molar refractivity (Wildman–Crippen MR) is 167 cm³/mol. The molecule has 5 aromatic rings. The Morgan fingerprint density at radius 3 is 2.71 bits per heavy atom. The van der Waals surface area contributed by atoms with Crippen LogP contribution in [0.25, 0.3) is 32.6 Å². The number of fused-ring (bicyclic) bond motifs is 2. The highest BCUT2D eigenvalue weighted by molar-refractivity contribution is 7.15. The zero-order chi connectivity index (χ0) is 27.9. The van der Waals surface area contributed by atoms with Gasteiger partial charge in [-0.1, -0.05) is 30.3 Å². The van der Waals surface area contributed by atoms with E-state index < -0.39 is 0 Å². The molecule has 1 saturated heterocycles. The molecule has 7 nitrogen and oxygen atoms in total. The van der Waals surface area contributed by atoms with Crippen LogP contribution in [0, 0.1) is 13.8 Å². The number of anilines is 2. The molecule has 7 rings (SSSR count). The number of hydrogen-bond acceptors (Lipinski definition) is 8. The minimum absolute atomic E-state index is 0.219. The van der Waals surface area contributed by atoms with Gasteiger partial charge in [0, 0.05) is 73.1 Å². The summed E-state index contributed by atoms with van der Waals surface area (Å²) < 4.78 is 0. The number of rotatable bonds is 6. The van der Waals surface area contributed by atoms with Crippen LogP contribution in [0.3, 0.4) is 0 Å². The van der Waals surface area contributed by atoms with Crippen molar-refractivity contribution >= 4 is 33.7 Å². The second-order valence-electron chi connectivity index (χ2n) is 11.1. The third-order valence-corrected chi connectivity index (χ3v) is 9.48. The molecule has 0 amide bonds. The molecule has 0 bridgehead atoms. The van der Waals surface area contributed by atoms with Crippen LogP contribution >= 0.6 is 11.3 Å². The summed E-state index contributed by atoms with van der Waals surface area (Å²) in [4.78, 5) is 18.1. The Morgan fingerprint density at radius 1 is 1.05 bits per heavy atom. The smallest absolute Gasteiger partial charge is 0.156 e. The van der Waals surface area contributed by atoms with Gasteiger partial charge in [-0.15, -0.1) is 11.3 Å². The average molecular weight is 563 g/mol. The highest BCUT2D eigenvalue weighted by atomic mass is 32.1. The van der Waals surface area contributed by atoms with Crippen LogP contribution in [-0.4, -0.2) is 50.7 Å². The van der Waals surface area contributed by atoms with Crippen LogP contribution in [0.2, 0.25) is 0 Å². The van der Waals surface area contributed by atoms with Gasteiger partial charge >= 0.3 is 0 Å². The van der Waals surface area contributed by atoms with E-state index in [1.54, 1.807) is 0 Å². The van der Waals surface area contributed by atoms with E-state index in [9.17, 15) is 5.11 Å². The first-order valence-electron chi connectivity index (χ1n) is 14.3. The Hall–Kier alpha value is -3.69. The molecule has 3 N–H and O–H groups in total. The Labute approximate surface area is 244 Å². The van der Waals surface area contributed by atoms with Crippen LogP contribution in [0.1, 0.15) is 33.7 Å². The standard InChI is InChI=1S/C33H34N6OS/c1-20-25(5-3-7-27(20)33-38-29-10-12-34-17-30(29)41-33)26-6-4-8-28(21(26)2)37-32-31-23(9-13-35-32)15-22(16-36-31)18-39-14-11-24(40)19-39/h3-9,13,15-16,24,34,40H,10-12,14,17-19H2,1-2H3,(H,35,37). The second-order valence-corrected chi connectivity index (χ2v) is 12.2. The number of nitrogens with one attached hydrogen (secondary N) is 2. The van der Waals surface area contributed by atoms with Gasteiger partial charge in [-0.05, 0) is 66.3 Å². The van der Waals surface area contributed by atoms with Crippen molar-refractivity contribution in [2.45, 2.75) is 45.9 Å². The molecule has 0 radical (unpaired) electrons. The van der Waals surface area contributed by atoms with E-state index in [-0.39, 0.29) is 6.10 Å². The van der Waals surface area contributed by atoms with Gasteiger partial charge in [-0.25, -0.2) is 9.97 Å². The SMILES string of the molecule is Cc1c(Nc2nccc3cc(CN4CCC(O)C4)cnc23)cccc1-c1cccc(-c2nc3c(s2)CNCC3)c1C. The molecule has 5 heterocycles. The van der Waals surface area contributed by atoms with Crippen LogP contribution in [0.15, 0.2) is 60.9 Å². The van der Waals surface area contributed by atoms with Crippen molar-refractivity contribution in [2.75, 3.05) is 25.0 Å². The number of nitrogens with zero attached hydrogens (tertiary/aromatic N) is 4. The third kappa shape index (κ3) is 5.13.